The molecular weight excluding hydrogens is 330 g/mol. The van der Waals surface area contributed by atoms with Crippen LogP contribution in [0.5, 0.6) is 0 Å². The van der Waals surface area contributed by atoms with Gasteiger partial charge in [-0.1, -0.05) is 23.7 Å². The summed E-state index contributed by atoms with van der Waals surface area (Å²) in [5, 5.41) is 3.35. The van der Waals surface area contributed by atoms with Crippen LogP contribution in [0, 0.1) is 0 Å². The quantitative estimate of drug-likeness (QED) is 0.689. The number of H-pyrrole nitrogens is 1. The van der Waals surface area contributed by atoms with Gasteiger partial charge in [0.25, 0.3) is 5.91 Å². The summed E-state index contributed by atoms with van der Waals surface area (Å²) in [5.41, 5.74) is 2.44. The van der Waals surface area contributed by atoms with Crippen LogP contribution in [0.15, 0.2) is 47.4 Å². The van der Waals surface area contributed by atoms with Gasteiger partial charge in [-0.2, -0.15) is 0 Å². The van der Waals surface area contributed by atoms with Gasteiger partial charge < -0.3 is 10.3 Å². The van der Waals surface area contributed by atoms with Crippen LogP contribution in [0.2, 0.25) is 5.02 Å². The number of imidazole rings is 1. The summed E-state index contributed by atoms with van der Waals surface area (Å²) in [4.78, 5) is 21.0. The fourth-order valence-electron chi connectivity index (χ4n) is 2.32. The van der Waals surface area contributed by atoms with Crippen molar-refractivity contribution in [3.8, 4) is 0 Å². The predicted octanol–water partition coefficient (Wildman–Crippen LogP) is 3.91. The molecule has 3 rings (SSSR count). The Balaban J connectivity index is 1.63. The van der Waals surface area contributed by atoms with E-state index in [-0.39, 0.29) is 5.91 Å². The minimum Gasteiger partial charge on any atom is -0.352 e. The third-order valence-corrected chi connectivity index (χ3v) is 4.56. The van der Waals surface area contributed by atoms with Crippen LogP contribution in [0.4, 0.5) is 0 Å². The van der Waals surface area contributed by atoms with Crippen molar-refractivity contribution in [1.29, 1.82) is 0 Å². The van der Waals surface area contributed by atoms with Crippen molar-refractivity contribution in [2.24, 2.45) is 0 Å². The molecule has 1 heterocycles. The summed E-state index contributed by atoms with van der Waals surface area (Å²) >= 11 is 7.69. The van der Waals surface area contributed by atoms with Crippen LogP contribution in [-0.4, -0.2) is 28.7 Å². The summed E-state index contributed by atoms with van der Waals surface area (Å²) in [6.45, 7) is 0.498. The van der Waals surface area contributed by atoms with E-state index in [1.165, 1.54) is 0 Å². The number of nitrogens with one attached hydrogen (secondary N) is 2. The average molecular weight is 346 g/mol. The van der Waals surface area contributed by atoms with Crippen molar-refractivity contribution < 1.29 is 4.79 Å². The number of halogens is 1. The second-order valence-corrected chi connectivity index (χ2v) is 6.34. The minimum atomic E-state index is -0.165. The van der Waals surface area contributed by atoms with Gasteiger partial charge in [-0.15, -0.1) is 11.8 Å². The number of hydrogen-bond acceptors (Lipinski definition) is 3. The molecule has 1 aromatic heterocycles. The lowest BCUT2D eigenvalue weighted by Gasteiger charge is -2.07. The Labute approximate surface area is 143 Å². The first-order chi connectivity index (χ1) is 11.2. The molecule has 0 aliphatic heterocycles. The molecule has 0 aliphatic rings. The van der Waals surface area contributed by atoms with Crippen LogP contribution in [0.25, 0.3) is 11.0 Å². The molecule has 0 atom stereocenters. The first-order valence-corrected chi connectivity index (χ1v) is 8.83. The maximum Gasteiger partial charge on any atom is 0.252 e. The van der Waals surface area contributed by atoms with Crippen molar-refractivity contribution in [2.75, 3.05) is 12.8 Å². The Bertz CT molecular complexity index is 814. The van der Waals surface area contributed by atoms with Gasteiger partial charge in [0.2, 0.25) is 0 Å². The van der Waals surface area contributed by atoms with Gasteiger partial charge in [-0.05, 0) is 36.6 Å². The van der Waals surface area contributed by atoms with Crippen LogP contribution < -0.4 is 5.32 Å². The van der Waals surface area contributed by atoms with Crippen molar-refractivity contribution in [2.45, 2.75) is 11.3 Å². The van der Waals surface area contributed by atoms with Crippen LogP contribution in [0.1, 0.15) is 16.2 Å². The van der Waals surface area contributed by atoms with E-state index < -0.39 is 0 Å². The smallest absolute Gasteiger partial charge is 0.252 e. The van der Waals surface area contributed by atoms with E-state index >= 15 is 0 Å². The van der Waals surface area contributed by atoms with Gasteiger partial charge in [0.1, 0.15) is 5.82 Å². The highest BCUT2D eigenvalue weighted by atomic mass is 35.5. The zero-order chi connectivity index (χ0) is 16.2. The number of hydrogen-bond donors (Lipinski definition) is 2. The molecule has 0 saturated carbocycles. The van der Waals surface area contributed by atoms with Gasteiger partial charge in [-0.3, -0.25) is 4.79 Å². The highest BCUT2D eigenvalue weighted by molar-refractivity contribution is 7.98. The molecule has 23 heavy (non-hydrogen) atoms. The standard InChI is InChI=1S/C17H16ClN3OS/c1-23-11-6-7-13(18)12(10-11)17(22)19-9-8-16-20-14-4-2-3-5-15(14)21-16/h2-7,10H,8-9H2,1H3,(H,19,22)(H,20,21). The molecule has 0 saturated heterocycles. The molecule has 1 amide bonds. The summed E-state index contributed by atoms with van der Waals surface area (Å²) in [6, 6.07) is 13.3. The molecule has 0 radical (unpaired) electrons. The fourth-order valence-corrected chi connectivity index (χ4v) is 2.96. The number of benzene rings is 2. The second kappa shape index (κ2) is 7.06. The largest absolute Gasteiger partial charge is 0.352 e. The monoisotopic (exact) mass is 345 g/mol. The molecule has 2 N–H and O–H groups in total. The van der Waals surface area contributed by atoms with Gasteiger partial charge in [-0.25, -0.2) is 4.98 Å². The van der Waals surface area contributed by atoms with Crippen LogP contribution >= 0.6 is 23.4 Å². The maximum absolute atomic E-state index is 12.3. The molecule has 0 aliphatic carbocycles. The van der Waals surface area contributed by atoms with Crippen molar-refractivity contribution in [3.05, 3.63) is 58.9 Å². The Hall–Kier alpha value is -1.98. The number of carbonyl (C=O) groups is 1. The van der Waals surface area contributed by atoms with Crippen LogP contribution in [0.3, 0.4) is 0 Å². The molecular formula is C17H16ClN3OS. The SMILES string of the molecule is CSc1ccc(Cl)c(C(=O)NCCc2nc3ccccc3[nH]2)c1. The molecule has 3 aromatic rings. The van der Waals surface area contributed by atoms with Gasteiger partial charge >= 0.3 is 0 Å². The number of aromatic nitrogens is 2. The number of fused-ring (bicyclic) bond motifs is 1. The molecule has 0 fully saturated rings. The first kappa shape index (κ1) is 15.9. The van der Waals surface area contributed by atoms with E-state index in [1.54, 1.807) is 17.8 Å². The number of amides is 1. The van der Waals surface area contributed by atoms with E-state index in [0.717, 1.165) is 21.8 Å². The highest BCUT2D eigenvalue weighted by Gasteiger charge is 2.11. The zero-order valence-electron chi connectivity index (χ0n) is 12.6. The molecule has 2 aromatic carbocycles. The predicted molar refractivity (Wildman–Crippen MR) is 95.4 cm³/mol. The van der Waals surface area contributed by atoms with E-state index in [9.17, 15) is 4.79 Å². The molecule has 0 spiro atoms. The highest BCUT2D eigenvalue weighted by Crippen LogP contribution is 2.22. The number of carbonyl (C=O) groups excluding carboxylic acids is 1. The Morgan fingerprint density at radius 2 is 2.13 bits per heavy atom. The van der Waals surface area contributed by atoms with E-state index in [1.807, 2.05) is 42.7 Å². The Morgan fingerprint density at radius 3 is 2.91 bits per heavy atom. The molecule has 118 valence electrons. The van der Waals surface area contributed by atoms with Crippen LogP contribution in [-0.2, 0) is 6.42 Å². The fraction of sp³-hybridized carbons (Fsp3) is 0.176. The number of para-hydroxylation sites is 2. The maximum atomic E-state index is 12.3. The molecule has 0 bridgehead atoms. The number of rotatable bonds is 5. The summed E-state index contributed by atoms with van der Waals surface area (Å²) in [7, 11) is 0. The summed E-state index contributed by atoms with van der Waals surface area (Å²) in [6.07, 6.45) is 2.60. The van der Waals surface area contributed by atoms with Crippen molar-refractivity contribution in [3.63, 3.8) is 0 Å². The van der Waals surface area contributed by atoms with Crippen molar-refractivity contribution >= 4 is 40.3 Å². The van der Waals surface area contributed by atoms with E-state index in [4.69, 9.17) is 11.6 Å². The second-order valence-electron chi connectivity index (χ2n) is 5.05. The molecule has 0 unspecified atom stereocenters. The minimum absolute atomic E-state index is 0.165. The lowest BCUT2D eigenvalue weighted by molar-refractivity contribution is 0.0954. The number of thioether (sulfide) groups is 1. The van der Waals surface area contributed by atoms with E-state index in [2.05, 4.69) is 15.3 Å². The average Bonchev–Trinajstić information content (AvgIpc) is 2.98. The third-order valence-electron chi connectivity index (χ3n) is 3.50. The normalized spacial score (nSPS) is 10.9. The third kappa shape index (κ3) is 3.68. The van der Waals surface area contributed by atoms with Gasteiger partial charge in [0, 0.05) is 17.9 Å². The zero-order valence-corrected chi connectivity index (χ0v) is 14.2. The molecule has 6 heteroatoms. The topological polar surface area (TPSA) is 57.8 Å². The molecule has 4 nitrogen and oxygen atoms in total. The van der Waals surface area contributed by atoms with Crippen molar-refractivity contribution in [1.82, 2.24) is 15.3 Å². The summed E-state index contributed by atoms with van der Waals surface area (Å²) in [5.74, 6) is 0.692. The lowest BCUT2D eigenvalue weighted by Crippen LogP contribution is -2.26. The Kier molecular flexibility index (Phi) is 4.88. The van der Waals surface area contributed by atoms with Gasteiger partial charge in [0.05, 0.1) is 21.6 Å². The van der Waals surface area contributed by atoms with E-state index in [0.29, 0.717) is 23.6 Å². The lowest BCUT2D eigenvalue weighted by atomic mass is 10.2. The summed E-state index contributed by atoms with van der Waals surface area (Å²) < 4.78 is 0. The van der Waals surface area contributed by atoms with Gasteiger partial charge in [0.15, 0.2) is 0 Å². The number of aromatic amines is 1. The Morgan fingerprint density at radius 1 is 1.30 bits per heavy atom. The number of nitrogens with zero attached hydrogens (tertiary/aromatic N) is 1. The first-order valence-electron chi connectivity index (χ1n) is 7.23.